The molecule has 1 aromatic heterocycles. The van der Waals surface area contributed by atoms with Gasteiger partial charge in [-0.25, -0.2) is 0 Å². The number of likely N-dealkylation sites (N-methyl/N-ethyl adjacent to an activating group) is 1. The number of benzene rings is 1. The number of amides is 1. The van der Waals surface area contributed by atoms with Gasteiger partial charge >= 0.3 is 0 Å². The number of nitrogens with one attached hydrogen (secondary N) is 2. The van der Waals surface area contributed by atoms with E-state index in [0.717, 1.165) is 47.7 Å². The quantitative estimate of drug-likeness (QED) is 0.818. The van der Waals surface area contributed by atoms with Crippen LogP contribution in [0.25, 0.3) is 11.3 Å². The zero-order valence-corrected chi connectivity index (χ0v) is 15.6. The fraction of sp³-hybridized carbons (Fsp3) is 0.400. The smallest absolute Gasteiger partial charge is 0.276 e. The lowest BCUT2D eigenvalue weighted by Crippen LogP contribution is -3.09. The largest absolute Gasteiger partial charge is 0.455 e. The van der Waals surface area contributed by atoms with E-state index < -0.39 is 5.54 Å². The lowest BCUT2D eigenvalue weighted by molar-refractivity contribution is -0.886. The molecule has 1 heterocycles. The number of hydrogen-bond acceptors (Lipinski definition) is 3. The Hall–Kier alpha value is -2.29. The van der Waals surface area contributed by atoms with E-state index in [1.807, 2.05) is 43.4 Å². The number of nitrogens with zero attached hydrogens (tertiary/aromatic N) is 1. The van der Waals surface area contributed by atoms with Crippen LogP contribution in [0, 0.1) is 11.3 Å². The number of hydrogen-bond donors (Lipinski definition) is 2. The number of nitriles is 1. The summed E-state index contributed by atoms with van der Waals surface area (Å²) in [5.41, 5.74) is 0.303. The van der Waals surface area contributed by atoms with Crippen LogP contribution in [0.5, 0.6) is 0 Å². The van der Waals surface area contributed by atoms with E-state index >= 15 is 0 Å². The van der Waals surface area contributed by atoms with Gasteiger partial charge in [0.2, 0.25) is 0 Å². The minimum Gasteiger partial charge on any atom is -0.455 e. The molecule has 3 rings (SSSR count). The van der Waals surface area contributed by atoms with Gasteiger partial charge in [0.1, 0.15) is 17.8 Å². The van der Waals surface area contributed by atoms with E-state index in [0.29, 0.717) is 18.1 Å². The maximum Gasteiger partial charge on any atom is 0.276 e. The summed E-state index contributed by atoms with van der Waals surface area (Å²) in [6, 6.07) is 13.6. The molecular formula is C20H23ClN3O2+. The normalized spacial score (nSPS) is 16.8. The molecule has 1 saturated carbocycles. The van der Waals surface area contributed by atoms with Crippen LogP contribution in [0.1, 0.15) is 31.4 Å². The average molecular weight is 373 g/mol. The second-order valence-electron chi connectivity index (χ2n) is 7.03. The Morgan fingerprint density at radius 2 is 1.96 bits per heavy atom. The van der Waals surface area contributed by atoms with Gasteiger partial charge in [-0.05, 0) is 62.1 Å². The summed E-state index contributed by atoms with van der Waals surface area (Å²) in [5.74, 6) is 1.51. The zero-order valence-electron chi connectivity index (χ0n) is 14.8. The van der Waals surface area contributed by atoms with Gasteiger partial charge in [-0.2, -0.15) is 5.26 Å². The number of furan rings is 1. The molecule has 5 nitrogen and oxygen atoms in total. The minimum absolute atomic E-state index is 0.0876. The third-order valence-electron chi connectivity index (χ3n) is 4.78. The summed E-state index contributed by atoms with van der Waals surface area (Å²) >= 11 is 5.91. The van der Waals surface area contributed by atoms with Crippen molar-refractivity contribution in [2.24, 2.45) is 0 Å². The molecule has 1 aliphatic carbocycles. The highest BCUT2D eigenvalue weighted by molar-refractivity contribution is 6.30. The van der Waals surface area contributed by atoms with Crippen LogP contribution >= 0.6 is 11.6 Å². The number of carbonyl (C=O) groups excluding carboxylic acids is 1. The van der Waals surface area contributed by atoms with Crippen LogP contribution in [0.4, 0.5) is 0 Å². The Kier molecular flexibility index (Phi) is 5.65. The van der Waals surface area contributed by atoms with Gasteiger partial charge < -0.3 is 14.6 Å². The zero-order chi connectivity index (χ0) is 18.6. The highest BCUT2D eigenvalue weighted by atomic mass is 35.5. The second-order valence-corrected chi connectivity index (χ2v) is 7.47. The fourth-order valence-corrected chi connectivity index (χ4v) is 3.56. The molecule has 0 aliphatic heterocycles. The second kappa shape index (κ2) is 7.94. The fourth-order valence-electron chi connectivity index (χ4n) is 3.43. The molecule has 136 valence electrons. The number of halogens is 1. The van der Waals surface area contributed by atoms with Crippen molar-refractivity contribution >= 4 is 17.5 Å². The van der Waals surface area contributed by atoms with E-state index in [-0.39, 0.29) is 5.91 Å². The highest BCUT2D eigenvalue weighted by Gasteiger charge is 2.35. The van der Waals surface area contributed by atoms with Crippen molar-refractivity contribution in [3.05, 3.63) is 47.2 Å². The predicted molar refractivity (Wildman–Crippen MR) is 99.6 cm³/mol. The molecule has 6 heteroatoms. The Morgan fingerprint density at radius 3 is 2.62 bits per heavy atom. The van der Waals surface area contributed by atoms with Gasteiger partial charge in [0.15, 0.2) is 12.3 Å². The maximum absolute atomic E-state index is 12.3. The van der Waals surface area contributed by atoms with Crippen LogP contribution in [-0.4, -0.2) is 25.0 Å². The summed E-state index contributed by atoms with van der Waals surface area (Å²) in [4.78, 5) is 13.3. The average Bonchev–Trinajstić information content (AvgIpc) is 3.25. The molecule has 0 saturated heterocycles. The molecule has 1 aliphatic rings. The molecule has 2 aromatic rings. The lowest BCUT2D eigenvalue weighted by atomic mass is 10.00. The molecule has 1 unspecified atom stereocenters. The first kappa shape index (κ1) is 18.5. The molecule has 1 aromatic carbocycles. The standard InChI is InChI=1S/C20H22ClN3O2/c1-24(13-19(25)23-20(14-22)10-2-3-11-20)12-17-8-9-18(26-17)15-4-6-16(21)7-5-15/h4-9H,2-3,10-13H2,1H3,(H,23,25)/p+1. The topological polar surface area (TPSA) is 70.5 Å². The van der Waals surface area contributed by atoms with Gasteiger partial charge in [-0.3, -0.25) is 4.79 Å². The van der Waals surface area contributed by atoms with E-state index in [9.17, 15) is 10.1 Å². The van der Waals surface area contributed by atoms with Gasteiger partial charge in [0, 0.05) is 10.6 Å². The van der Waals surface area contributed by atoms with E-state index in [2.05, 4.69) is 11.4 Å². The predicted octanol–water partition coefficient (Wildman–Crippen LogP) is 2.57. The van der Waals surface area contributed by atoms with Crippen molar-refractivity contribution in [2.45, 2.75) is 37.8 Å². The molecule has 1 atom stereocenters. The Bertz CT molecular complexity index is 801. The number of rotatable bonds is 6. The van der Waals surface area contributed by atoms with Gasteiger partial charge in [0.05, 0.1) is 13.1 Å². The Morgan fingerprint density at radius 1 is 1.27 bits per heavy atom. The Balaban J connectivity index is 1.55. The third kappa shape index (κ3) is 4.46. The van der Waals surface area contributed by atoms with Crippen molar-refractivity contribution in [3.63, 3.8) is 0 Å². The highest BCUT2D eigenvalue weighted by Crippen LogP contribution is 2.28. The van der Waals surface area contributed by atoms with E-state index in [1.54, 1.807) is 0 Å². The molecular weight excluding hydrogens is 350 g/mol. The van der Waals surface area contributed by atoms with Crippen LogP contribution in [0.15, 0.2) is 40.8 Å². The van der Waals surface area contributed by atoms with Crippen molar-refractivity contribution in [1.29, 1.82) is 5.26 Å². The molecule has 26 heavy (non-hydrogen) atoms. The summed E-state index contributed by atoms with van der Waals surface area (Å²) in [6.45, 7) is 0.904. The summed E-state index contributed by atoms with van der Waals surface area (Å²) < 4.78 is 5.89. The SMILES string of the molecule is C[NH+](CC(=O)NC1(C#N)CCCC1)Cc1ccc(-c2ccc(Cl)cc2)o1. The van der Waals surface area contributed by atoms with Gasteiger partial charge in [-0.15, -0.1) is 0 Å². The summed E-state index contributed by atoms with van der Waals surface area (Å²) in [6.07, 6.45) is 3.49. The molecule has 2 N–H and O–H groups in total. The van der Waals surface area contributed by atoms with Crippen molar-refractivity contribution < 1.29 is 14.1 Å². The Labute approximate surface area is 158 Å². The first-order chi connectivity index (χ1) is 12.5. The van der Waals surface area contributed by atoms with E-state index in [4.69, 9.17) is 16.0 Å². The third-order valence-corrected chi connectivity index (χ3v) is 5.03. The molecule has 1 fully saturated rings. The lowest BCUT2D eigenvalue weighted by Gasteiger charge is -2.22. The van der Waals surface area contributed by atoms with Crippen molar-refractivity contribution in [3.8, 4) is 17.4 Å². The number of quaternary nitrogens is 1. The summed E-state index contributed by atoms with van der Waals surface area (Å²) in [5, 5.41) is 13.0. The monoisotopic (exact) mass is 372 g/mol. The first-order valence-corrected chi connectivity index (χ1v) is 9.26. The van der Waals surface area contributed by atoms with Gasteiger partial charge in [-0.1, -0.05) is 11.6 Å². The van der Waals surface area contributed by atoms with Crippen molar-refractivity contribution in [1.82, 2.24) is 5.32 Å². The van der Waals surface area contributed by atoms with Gasteiger partial charge in [0.25, 0.3) is 5.91 Å². The van der Waals surface area contributed by atoms with E-state index in [1.165, 1.54) is 0 Å². The van der Waals surface area contributed by atoms with Crippen LogP contribution in [0.3, 0.4) is 0 Å². The molecule has 0 spiro atoms. The van der Waals surface area contributed by atoms with Crippen molar-refractivity contribution in [2.75, 3.05) is 13.6 Å². The molecule has 0 bridgehead atoms. The van der Waals surface area contributed by atoms with Crippen LogP contribution in [0.2, 0.25) is 5.02 Å². The number of carbonyl (C=O) groups is 1. The van der Waals surface area contributed by atoms with Crippen LogP contribution in [-0.2, 0) is 11.3 Å². The minimum atomic E-state index is -0.663. The first-order valence-electron chi connectivity index (χ1n) is 8.88. The molecule has 1 amide bonds. The summed E-state index contributed by atoms with van der Waals surface area (Å²) in [7, 11) is 1.94. The maximum atomic E-state index is 12.3. The molecule has 0 radical (unpaired) electrons. The van der Waals surface area contributed by atoms with Crippen LogP contribution < -0.4 is 10.2 Å².